The molecule has 0 heterocycles. The highest BCUT2D eigenvalue weighted by Gasteiger charge is 2.10. The molecule has 0 saturated heterocycles. The van der Waals surface area contributed by atoms with Gasteiger partial charge in [-0.25, -0.2) is 0 Å². The molecule has 0 rings (SSSR count). The molecular weight excluding hydrogens is 196 g/mol. The summed E-state index contributed by atoms with van der Waals surface area (Å²) in [7, 11) is 0. The Bertz CT molecular complexity index is 159. The third kappa shape index (κ3) is 9.69. The quantitative estimate of drug-likeness (QED) is 0.471. The van der Waals surface area contributed by atoms with Gasteiger partial charge in [0.05, 0.1) is 19.1 Å². The van der Waals surface area contributed by atoms with E-state index in [0.717, 1.165) is 19.4 Å². The standard InChI is InChI=1S/C11H22O4/c1-3-5-7-14-8-6-10(12)9-11(13)15-4-2/h10,12H,3-9H2,1-2H3. The summed E-state index contributed by atoms with van der Waals surface area (Å²) < 4.78 is 9.99. The number of hydrogen-bond acceptors (Lipinski definition) is 4. The van der Waals surface area contributed by atoms with E-state index in [1.54, 1.807) is 6.92 Å². The van der Waals surface area contributed by atoms with Crippen molar-refractivity contribution in [3.05, 3.63) is 0 Å². The second-order valence-corrected chi connectivity index (χ2v) is 3.42. The Morgan fingerprint density at radius 3 is 2.67 bits per heavy atom. The topological polar surface area (TPSA) is 55.8 Å². The average molecular weight is 218 g/mol. The number of rotatable bonds is 9. The van der Waals surface area contributed by atoms with Crippen LogP contribution in [0.15, 0.2) is 0 Å². The summed E-state index contributed by atoms with van der Waals surface area (Å²) in [5, 5.41) is 9.42. The molecule has 1 atom stereocenters. The summed E-state index contributed by atoms with van der Waals surface area (Å²) in [4.78, 5) is 11.0. The molecule has 0 aromatic heterocycles. The summed E-state index contributed by atoms with van der Waals surface area (Å²) in [6, 6.07) is 0. The number of carbonyl (C=O) groups is 1. The lowest BCUT2D eigenvalue weighted by Gasteiger charge is -2.09. The van der Waals surface area contributed by atoms with Crippen LogP contribution in [0.5, 0.6) is 0 Å². The van der Waals surface area contributed by atoms with Crippen LogP contribution >= 0.6 is 0 Å². The van der Waals surface area contributed by atoms with Crippen LogP contribution in [0.3, 0.4) is 0 Å². The van der Waals surface area contributed by atoms with E-state index in [4.69, 9.17) is 9.47 Å². The number of ether oxygens (including phenoxy) is 2. The van der Waals surface area contributed by atoms with Crippen LogP contribution in [0.4, 0.5) is 0 Å². The van der Waals surface area contributed by atoms with Gasteiger partial charge in [0.15, 0.2) is 0 Å². The number of hydrogen-bond donors (Lipinski definition) is 1. The number of carbonyl (C=O) groups excluding carboxylic acids is 1. The van der Waals surface area contributed by atoms with Crippen molar-refractivity contribution in [2.75, 3.05) is 19.8 Å². The van der Waals surface area contributed by atoms with Gasteiger partial charge in [0, 0.05) is 13.2 Å². The normalized spacial score (nSPS) is 12.5. The summed E-state index contributed by atoms with van der Waals surface area (Å²) in [6.45, 7) is 5.43. The van der Waals surface area contributed by atoms with Crippen molar-refractivity contribution >= 4 is 5.97 Å². The average Bonchev–Trinajstić information content (AvgIpc) is 2.17. The minimum absolute atomic E-state index is 0.0605. The molecule has 0 fully saturated rings. The lowest BCUT2D eigenvalue weighted by molar-refractivity contribution is -0.145. The van der Waals surface area contributed by atoms with E-state index in [1.165, 1.54) is 0 Å². The van der Waals surface area contributed by atoms with Gasteiger partial charge in [0.25, 0.3) is 0 Å². The van der Waals surface area contributed by atoms with Gasteiger partial charge in [0.2, 0.25) is 0 Å². The first-order valence-electron chi connectivity index (χ1n) is 5.62. The fourth-order valence-corrected chi connectivity index (χ4v) is 1.08. The molecule has 0 aromatic carbocycles. The number of esters is 1. The molecule has 15 heavy (non-hydrogen) atoms. The molecule has 4 nitrogen and oxygen atoms in total. The first kappa shape index (κ1) is 14.4. The highest BCUT2D eigenvalue weighted by Crippen LogP contribution is 2.01. The molecule has 0 spiro atoms. The fourth-order valence-electron chi connectivity index (χ4n) is 1.08. The Hall–Kier alpha value is -0.610. The smallest absolute Gasteiger partial charge is 0.308 e. The van der Waals surface area contributed by atoms with Crippen molar-refractivity contribution in [3.8, 4) is 0 Å². The molecule has 0 aliphatic carbocycles. The molecule has 0 amide bonds. The van der Waals surface area contributed by atoms with Crippen molar-refractivity contribution < 1.29 is 19.4 Å². The molecule has 0 bridgehead atoms. The van der Waals surface area contributed by atoms with Gasteiger partial charge in [-0.05, 0) is 19.8 Å². The molecule has 0 radical (unpaired) electrons. The molecule has 0 saturated carbocycles. The largest absolute Gasteiger partial charge is 0.466 e. The van der Waals surface area contributed by atoms with E-state index in [1.807, 2.05) is 0 Å². The Morgan fingerprint density at radius 1 is 1.33 bits per heavy atom. The van der Waals surface area contributed by atoms with Crippen LogP contribution in [0, 0.1) is 0 Å². The Balaban J connectivity index is 3.32. The van der Waals surface area contributed by atoms with Gasteiger partial charge in [-0.15, -0.1) is 0 Å². The highest BCUT2D eigenvalue weighted by atomic mass is 16.5. The first-order chi connectivity index (χ1) is 7.20. The van der Waals surface area contributed by atoms with Crippen molar-refractivity contribution in [3.63, 3.8) is 0 Å². The Morgan fingerprint density at radius 2 is 2.07 bits per heavy atom. The van der Waals surface area contributed by atoms with Crippen LogP contribution < -0.4 is 0 Å². The second kappa shape index (κ2) is 9.93. The van der Waals surface area contributed by atoms with Gasteiger partial charge in [-0.1, -0.05) is 13.3 Å². The van der Waals surface area contributed by atoms with Crippen LogP contribution in [-0.4, -0.2) is 37.0 Å². The summed E-state index contributed by atoms with van der Waals surface area (Å²) >= 11 is 0. The zero-order valence-electron chi connectivity index (χ0n) is 9.70. The van der Waals surface area contributed by atoms with E-state index < -0.39 is 6.10 Å². The lowest BCUT2D eigenvalue weighted by Crippen LogP contribution is -2.17. The predicted molar refractivity (Wildman–Crippen MR) is 57.6 cm³/mol. The maximum atomic E-state index is 11.0. The Labute approximate surface area is 91.6 Å². The molecule has 1 N–H and O–H groups in total. The van der Waals surface area contributed by atoms with E-state index >= 15 is 0 Å². The van der Waals surface area contributed by atoms with Gasteiger partial charge in [-0.3, -0.25) is 4.79 Å². The maximum absolute atomic E-state index is 11.0. The first-order valence-corrected chi connectivity index (χ1v) is 5.62. The third-order valence-electron chi connectivity index (χ3n) is 1.95. The van der Waals surface area contributed by atoms with Crippen LogP contribution in [0.25, 0.3) is 0 Å². The monoisotopic (exact) mass is 218 g/mol. The van der Waals surface area contributed by atoms with Crippen LogP contribution in [0.1, 0.15) is 39.5 Å². The van der Waals surface area contributed by atoms with Gasteiger partial charge in [-0.2, -0.15) is 0 Å². The van der Waals surface area contributed by atoms with E-state index in [9.17, 15) is 9.90 Å². The molecule has 0 aliphatic heterocycles. The molecule has 4 heteroatoms. The minimum atomic E-state index is -0.648. The van der Waals surface area contributed by atoms with E-state index in [-0.39, 0.29) is 12.4 Å². The Kier molecular flexibility index (Phi) is 9.52. The number of aliphatic hydroxyl groups excluding tert-OH is 1. The fraction of sp³-hybridized carbons (Fsp3) is 0.909. The van der Waals surface area contributed by atoms with Gasteiger partial charge < -0.3 is 14.6 Å². The molecule has 0 aromatic rings. The van der Waals surface area contributed by atoms with Crippen molar-refractivity contribution in [1.29, 1.82) is 0 Å². The highest BCUT2D eigenvalue weighted by molar-refractivity contribution is 5.69. The number of unbranched alkanes of at least 4 members (excludes halogenated alkanes) is 1. The van der Waals surface area contributed by atoms with Crippen molar-refractivity contribution in [2.24, 2.45) is 0 Å². The summed E-state index contributed by atoms with van der Waals surface area (Å²) in [5.74, 6) is -0.349. The predicted octanol–water partition coefficient (Wildman–Crippen LogP) is 1.51. The van der Waals surface area contributed by atoms with Crippen molar-refractivity contribution in [1.82, 2.24) is 0 Å². The van der Waals surface area contributed by atoms with Crippen molar-refractivity contribution in [2.45, 2.75) is 45.6 Å². The van der Waals surface area contributed by atoms with Gasteiger partial charge in [0.1, 0.15) is 0 Å². The maximum Gasteiger partial charge on any atom is 0.308 e. The van der Waals surface area contributed by atoms with Crippen LogP contribution in [-0.2, 0) is 14.3 Å². The van der Waals surface area contributed by atoms with Gasteiger partial charge >= 0.3 is 5.97 Å². The lowest BCUT2D eigenvalue weighted by atomic mass is 10.2. The summed E-state index contributed by atoms with van der Waals surface area (Å²) in [5.41, 5.74) is 0. The SMILES string of the molecule is CCCCOCCC(O)CC(=O)OCC. The molecule has 90 valence electrons. The summed E-state index contributed by atoms with van der Waals surface area (Å²) in [6.07, 6.45) is 2.04. The molecule has 0 aliphatic rings. The molecular formula is C11H22O4. The molecule has 1 unspecified atom stereocenters. The van der Waals surface area contributed by atoms with E-state index in [0.29, 0.717) is 19.6 Å². The minimum Gasteiger partial charge on any atom is -0.466 e. The third-order valence-corrected chi connectivity index (χ3v) is 1.95. The zero-order chi connectivity index (χ0) is 11.5. The van der Waals surface area contributed by atoms with E-state index in [2.05, 4.69) is 6.92 Å². The zero-order valence-corrected chi connectivity index (χ0v) is 9.70. The van der Waals surface area contributed by atoms with Crippen LogP contribution in [0.2, 0.25) is 0 Å². The number of aliphatic hydroxyl groups is 1. The second-order valence-electron chi connectivity index (χ2n) is 3.42.